The van der Waals surface area contributed by atoms with Crippen LogP contribution in [0.1, 0.15) is 17.2 Å². The molecule has 0 saturated heterocycles. The summed E-state index contributed by atoms with van der Waals surface area (Å²) in [6.45, 7) is 1.96. The van der Waals surface area contributed by atoms with Gasteiger partial charge in [0.05, 0.1) is 0 Å². The van der Waals surface area contributed by atoms with Crippen LogP contribution in [0.5, 0.6) is 0 Å². The molecular formula is C10H9BrO. The standard InChI is InChI=1S/C10H9BrO/c1-3-9(12)8-6-4-5-7(2)10(8)11/h1,4-6,9,12H,2H3. The van der Waals surface area contributed by atoms with Crippen LogP contribution in [0.25, 0.3) is 0 Å². The van der Waals surface area contributed by atoms with Crippen molar-refractivity contribution in [1.29, 1.82) is 0 Å². The molecule has 1 rings (SSSR count). The predicted octanol–water partition coefficient (Wildman–Crippen LogP) is 2.42. The van der Waals surface area contributed by atoms with E-state index < -0.39 is 6.10 Å². The summed E-state index contributed by atoms with van der Waals surface area (Å²) in [5.41, 5.74) is 1.82. The predicted molar refractivity (Wildman–Crippen MR) is 52.7 cm³/mol. The second kappa shape index (κ2) is 3.75. The van der Waals surface area contributed by atoms with Gasteiger partial charge in [0.2, 0.25) is 0 Å². The number of aliphatic hydroxyl groups excluding tert-OH is 1. The van der Waals surface area contributed by atoms with Crippen LogP contribution >= 0.6 is 15.9 Å². The zero-order chi connectivity index (χ0) is 9.14. The molecule has 0 saturated carbocycles. The quantitative estimate of drug-likeness (QED) is 0.727. The van der Waals surface area contributed by atoms with Crippen molar-refractivity contribution in [3.8, 4) is 12.3 Å². The van der Waals surface area contributed by atoms with Crippen LogP contribution in [0, 0.1) is 19.3 Å². The summed E-state index contributed by atoms with van der Waals surface area (Å²) in [6.07, 6.45) is 4.28. The first-order valence-electron chi connectivity index (χ1n) is 3.56. The number of aryl methyl sites for hydroxylation is 1. The Hall–Kier alpha value is -0.780. The SMILES string of the molecule is C#CC(O)c1cccc(C)c1Br. The third kappa shape index (κ3) is 1.69. The van der Waals surface area contributed by atoms with Gasteiger partial charge in [-0.25, -0.2) is 0 Å². The van der Waals surface area contributed by atoms with Crippen molar-refractivity contribution in [3.63, 3.8) is 0 Å². The van der Waals surface area contributed by atoms with Gasteiger partial charge in [-0.3, -0.25) is 0 Å². The van der Waals surface area contributed by atoms with Crippen molar-refractivity contribution in [3.05, 3.63) is 33.8 Å². The van der Waals surface area contributed by atoms with Crippen molar-refractivity contribution in [2.45, 2.75) is 13.0 Å². The molecule has 0 aromatic heterocycles. The van der Waals surface area contributed by atoms with Crippen molar-refractivity contribution < 1.29 is 5.11 Å². The molecule has 0 aliphatic rings. The van der Waals surface area contributed by atoms with E-state index in [-0.39, 0.29) is 0 Å². The molecule has 0 amide bonds. The van der Waals surface area contributed by atoms with Crippen LogP contribution < -0.4 is 0 Å². The van der Waals surface area contributed by atoms with Gasteiger partial charge in [-0.05, 0) is 12.5 Å². The lowest BCUT2D eigenvalue weighted by Crippen LogP contribution is -1.95. The summed E-state index contributed by atoms with van der Waals surface area (Å²) >= 11 is 3.37. The van der Waals surface area contributed by atoms with Crippen LogP contribution in [0.2, 0.25) is 0 Å². The molecule has 1 aromatic rings. The monoisotopic (exact) mass is 224 g/mol. The Morgan fingerprint density at radius 2 is 2.25 bits per heavy atom. The Balaban J connectivity index is 3.18. The fourth-order valence-electron chi connectivity index (χ4n) is 0.971. The summed E-state index contributed by atoms with van der Waals surface area (Å²) in [4.78, 5) is 0. The summed E-state index contributed by atoms with van der Waals surface area (Å²) in [7, 11) is 0. The fourth-order valence-corrected chi connectivity index (χ4v) is 1.45. The highest BCUT2D eigenvalue weighted by atomic mass is 79.9. The first kappa shape index (κ1) is 9.31. The Morgan fingerprint density at radius 1 is 1.58 bits per heavy atom. The van der Waals surface area contributed by atoms with Gasteiger partial charge in [0, 0.05) is 10.0 Å². The number of rotatable bonds is 1. The molecule has 12 heavy (non-hydrogen) atoms. The van der Waals surface area contributed by atoms with Crippen molar-refractivity contribution in [2.75, 3.05) is 0 Å². The van der Waals surface area contributed by atoms with Crippen LogP contribution in [-0.2, 0) is 0 Å². The van der Waals surface area contributed by atoms with Gasteiger partial charge in [-0.2, -0.15) is 0 Å². The molecule has 2 heteroatoms. The van der Waals surface area contributed by atoms with E-state index in [1.807, 2.05) is 25.1 Å². The molecule has 0 radical (unpaired) electrons. The molecule has 0 aliphatic heterocycles. The molecule has 0 aliphatic carbocycles. The zero-order valence-electron chi connectivity index (χ0n) is 6.71. The van der Waals surface area contributed by atoms with Gasteiger partial charge in [-0.1, -0.05) is 40.0 Å². The topological polar surface area (TPSA) is 20.2 Å². The number of halogens is 1. The molecule has 1 N–H and O–H groups in total. The average Bonchev–Trinajstić information content (AvgIpc) is 2.08. The Labute approximate surface area is 80.6 Å². The maximum atomic E-state index is 9.37. The minimum Gasteiger partial charge on any atom is -0.376 e. The van der Waals surface area contributed by atoms with Crippen molar-refractivity contribution in [2.24, 2.45) is 0 Å². The lowest BCUT2D eigenvalue weighted by molar-refractivity contribution is 0.237. The summed E-state index contributed by atoms with van der Waals surface area (Å²) in [6, 6.07) is 5.63. The minimum atomic E-state index is -0.820. The van der Waals surface area contributed by atoms with E-state index in [2.05, 4.69) is 21.9 Å². The van der Waals surface area contributed by atoms with Gasteiger partial charge in [0.15, 0.2) is 0 Å². The van der Waals surface area contributed by atoms with E-state index in [4.69, 9.17) is 6.42 Å². The maximum Gasteiger partial charge on any atom is 0.141 e. The molecular weight excluding hydrogens is 216 g/mol. The minimum absolute atomic E-state index is 0.748. The maximum absolute atomic E-state index is 9.37. The molecule has 1 nitrogen and oxygen atoms in total. The third-order valence-electron chi connectivity index (χ3n) is 1.67. The number of terminal acetylenes is 1. The summed E-state index contributed by atoms with van der Waals surface area (Å²) < 4.78 is 0.885. The second-order valence-electron chi connectivity index (χ2n) is 2.55. The molecule has 0 bridgehead atoms. The molecule has 62 valence electrons. The van der Waals surface area contributed by atoms with E-state index in [1.54, 1.807) is 0 Å². The molecule has 1 aromatic carbocycles. The number of aliphatic hydroxyl groups is 1. The smallest absolute Gasteiger partial charge is 0.141 e. The normalized spacial score (nSPS) is 12.2. The van der Waals surface area contributed by atoms with Gasteiger partial charge in [0.1, 0.15) is 6.10 Å². The number of hydrogen-bond acceptors (Lipinski definition) is 1. The van der Waals surface area contributed by atoms with Crippen molar-refractivity contribution >= 4 is 15.9 Å². The fraction of sp³-hybridized carbons (Fsp3) is 0.200. The molecule has 0 fully saturated rings. The van der Waals surface area contributed by atoms with E-state index >= 15 is 0 Å². The van der Waals surface area contributed by atoms with Crippen LogP contribution in [-0.4, -0.2) is 5.11 Å². The Bertz CT molecular complexity index is 325. The first-order valence-corrected chi connectivity index (χ1v) is 4.35. The molecule has 1 unspecified atom stereocenters. The third-order valence-corrected chi connectivity index (χ3v) is 2.76. The van der Waals surface area contributed by atoms with E-state index in [9.17, 15) is 5.11 Å². The largest absolute Gasteiger partial charge is 0.376 e. The first-order chi connectivity index (χ1) is 5.66. The molecule has 0 heterocycles. The second-order valence-corrected chi connectivity index (χ2v) is 3.34. The van der Waals surface area contributed by atoms with Crippen LogP contribution in [0.3, 0.4) is 0 Å². The lowest BCUT2D eigenvalue weighted by Gasteiger charge is -2.08. The van der Waals surface area contributed by atoms with Crippen LogP contribution in [0.15, 0.2) is 22.7 Å². The summed E-state index contributed by atoms with van der Waals surface area (Å²) in [5.74, 6) is 2.27. The van der Waals surface area contributed by atoms with E-state index in [0.29, 0.717) is 0 Å². The number of hydrogen-bond donors (Lipinski definition) is 1. The van der Waals surface area contributed by atoms with Crippen molar-refractivity contribution in [1.82, 2.24) is 0 Å². The molecule has 0 spiro atoms. The molecule has 1 atom stereocenters. The highest BCUT2D eigenvalue weighted by Crippen LogP contribution is 2.25. The van der Waals surface area contributed by atoms with Gasteiger partial charge < -0.3 is 5.11 Å². The highest BCUT2D eigenvalue weighted by molar-refractivity contribution is 9.10. The average molecular weight is 225 g/mol. The zero-order valence-corrected chi connectivity index (χ0v) is 8.30. The Morgan fingerprint density at radius 3 is 2.83 bits per heavy atom. The van der Waals surface area contributed by atoms with Gasteiger partial charge in [0.25, 0.3) is 0 Å². The lowest BCUT2D eigenvalue weighted by atomic mass is 10.1. The van der Waals surface area contributed by atoms with E-state index in [1.165, 1.54) is 0 Å². The van der Waals surface area contributed by atoms with E-state index in [0.717, 1.165) is 15.6 Å². The summed E-state index contributed by atoms with van der Waals surface area (Å²) in [5, 5.41) is 9.37. The highest BCUT2D eigenvalue weighted by Gasteiger charge is 2.08. The van der Waals surface area contributed by atoms with Gasteiger partial charge >= 0.3 is 0 Å². The van der Waals surface area contributed by atoms with Gasteiger partial charge in [-0.15, -0.1) is 6.42 Å². The Kier molecular flexibility index (Phi) is 2.91. The van der Waals surface area contributed by atoms with Crippen LogP contribution in [0.4, 0.5) is 0 Å². The number of benzene rings is 1.